The van der Waals surface area contributed by atoms with Gasteiger partial charge in [0.2, 0.25) is 5.91 Å². The standard InChI is InChI=1S/C11H20N2O2/c14-11(10-5-3-6-12-10)13-8-9-4-1-2-7-15-9/h9-10,12H,1-8H2,(H,13,14)/t9-,10+/m1/s1. The number of rotatable bonds is 3. The second-order valence-electron chi connectivity index (χ2n) is 4.38. The summed E-state index contributed by atoms with van der Waals surface area (Å²) in [5, 5.41) is 6.16. The van der Waals surface area contributed by atoms with E-state index < -0.39 is 0 Å². The van der Waals surface area contributed by atoms with Crippen LogP contribution in [-0.4, -0.2) is 37.7 Å². The van der Waals surface area contributed by atoms with Crippen LogP contribution in [0.3, 0.4) is 0 Å². The highest BCUT2D eigenvalue weighted by atomic mass is 16.5. The van der Waals surface area contributed by atoms with Crippen LogP contribution in [-0.2, 0) is 9.53 Å². The van der Waals surface area contributed by atoms with Gasteiger partial charge in [-0.3, -0.25) is 4.79 Å². The number of carbonyl (C=O) groups excluding carboxylic acids is 1. The first-order valence-corrected chi connectivity index (χ1v) is 5.99. The zero-order chi connectivity index (χ0) is 10.5. The van der Waals surface area contributed by atoms with E-state index in [1.165, 1.54) is 6.42 Å². The van der Waals surface area contributed by atoms with Crippen molar-refractivity contribution in [2.75, 3.05) is 19.7 Å². The third kappa shape index (κ3) is 3.18. The van der Waals surface area contributed by atoms with E-state index >= 15 is 0 Å². The summed E-state index contributed by atoms with van der Waals surface area (Å²) in [5.74, 6) is 0.140. The molecule has 86 valence electrons. The summed E-state index contributed by atoms with van der Waals surface area (Å²) in [6.45, 7) is 2.50. The summed E-state index contributed by atoms with van der Waals surface area (Å²) < 4.78 is 5.56. The van der Waals surface area contributed by atoms with Crippen molar-refractivity contribution >= 4 is 5.91 Å². The maximum atomic E-state index is 11.7. The molecule has 0 radical (unpaired) electrons. The predicted molar refractivity (Wildman–Crippen MR) is 57.6 cm³/mol. The van der Waals surface area contributed by atoms with Crippen molar-refractivity contribution in [1.29, 1.82) is 0 Å². The molecule has 0 bridgehead atoms. The van der Waals surface area contributed by atoms with Gasteiger partial charge < -0.3 is 15.4 Å². The normalized spacial score (nSPS) is 31.5. The van der Waals surface area contributed by atoms with Crippen LogP contribution < -0.4 is 10.6 Å². The van der Waals surface area contributed by atoms with Crippen LogP contribution in [0.5, 0.6) is 0 Å². The molecular formula is C11H20N2O2. The lowest BCUT2D eigenvalue weighted by Gasteiger charge is -2.23. The molecule has 0 aromatic rings. The minimum Gasteiger partial charge on any atom is -0.376 e. The van der Waals surface area contributed by atoms with Crippen molar-refractivity contribution in [2.24, 2.45) is 0 Å². The molecule has 4 heteroatoms. The highest BCUT2D eigenvalue weighted by molar-refractivity contribution is 5.81. The van der Waals surface area contributed by atoms with E-state index in [9.17, 15) is 4.79 Å². The molecule has 0 aromatic heterocycles. The van der Waals surface area contributed by atoms with Gasteiger partial charge in [-0.15, -0.1) is 0 Å². The molecule has 2 aliphatic heterocycles. The van der Waals surface area contributed by atoms with E-state index in [1.54, 1.807) is 0 Å². The van der Waals surface area contributed by atoms with Crippen molar-refractivity contribution in [2.45, 2.75) is 44.2 Å². The van der Waals surface area contributed by atoms with Gasteiger partial charge >= 0.3 is 0 Å². The molecular weight excluding hydrogens is 192 g/mol. The van der Waals surface area contributed by atoms with Gasteiger partial charge in [-0.2, -0.15) is 0 Å². The number of amides is 1. The van der Waals surface area contributed by atoms with Crippen LogP contribution in [0.2, 0.25) is 0 Å². The second-order valence-corrected chi connectivity index (χ2v) is 4.38. The van der Waals surface area contributed by atoms with Crippen LogP contribution in [0, 0.1) is 0 Å². The van der Waals surface area contributed by atoms with Gasteiger partial charge in [0.1, 0.15) is 0 Å². The summed E-state index contributed by atoms with van der Waals surface area (Å²) in [5.41, 5.74) is 0. The average Bonchev–Trinajstić information content (AvgIpc) is 2.81. The molecule has 2 rings (SSSR count). The summed E-state index contributed by atoms with van der Waals surface area (Å²) in [7, 11) is 0. The minimum absolute atomic E-state index is 0.0357. The summed E-state index contributed by atoms with van der Waals surface area (Å²) in [6.07, 6.45) is 5.79. The van der Waals surface area contributed by atoms with Crippen LogP contribution >= 0.6 is 0 Å². The Balaban J connectivity index is 1.65. The fourth-order valence-electron chi connectivity index (χ4n) is 2.21. The molecule has 0 aliphatic carbocycles. The molecule has 1 amide bonds. The first kappa shape index (κ1) is 10.9. The zero-order valence-corrected chi connectivity index (χ0v) is 9.13. The van der Waals surface area contributed by atoms with Crippen LogP contribution in [0.25, 0.3) is 0 Å². The van der Waals surface area contributed by atoms with Crippen molar-refractivity contribution in [3.8, 4) is 0 Å². The molecule has 0 aromatic carbocycles. The van der Waals surface area contributed by atoms with Gasteiger partial charge in [0.15, 0.2) is 0 Å². The largest absolute Gasteiger partial charge is 0.376 e. The molecule has 2 N–H and O–H groups in total. The third-order valence-electron chi connectivity index (χ3n) is 3.15. The molecule has 2 fully saturated rings. The average molecular weight is 212 g/mol. The van der Waals surface area contributed by atoms with Crippen LogP contribution in [0.1, 0.15) is 32.1 Å². The van der Waals surface area contributed by atoms with Gasteiger partial charge in [0, 0.05) is 13.2 Å². The first-order valence-electron chi connectivity index (χ1n) is 5.99. The lowest BCUT2D eigenvalue weighted by Crippen LogP contribution is -2.44. The number of nitrogens with one attached hydrogen (secondary N) is 2. The Hall–Kier alpha value is -0.610. The number of hydrogen-bond acceptors (Lipinski definition) is 3. The van der Waals surface area contributed by atoms with Crippen molar-refractivity contribution in [1.82, 2.24) is 10.6 Å². The molecule has 2 heterocycles. The maximum Gasteiger partial charge on any atom is 0.237 e. The number of carbonyl (C=O) groups is 1. The summed E-state index contributed by atoms with van der Waals surface area (Å²) in [6, 6.07) is 0.0357. The Bertz CT molecular complexity index is 209. The Morgan fingerprint density at radius 1 is 1.33 bits per heavy atom. The van der Waals surface area contributed by atoms with Gasteiger partial charge in [-0.05, 0) is 38.6 Å². The number of ether oxygens (including phenoxy) is 1. The van der Waals surface area contributed by atoms with Gasteiger partial charge in [0.25, 0.3) is 0 Å². The van der Waals surface area contributed by atoms with Crippen molar-refractivity contribution in [3.63, 3.8) is 0 Å². The quantitative estimate of drug-likeness (QED) is 0.713. The topological polar surface area (TPSA) is 50.4 Å². The molecule has 2 atom stereocenters. The molecule has 0 saturated carbocycles. The van der Waals surface area contributed by atoms with Gasteiger partial charge in [-0.1, -0.05) is 0 Å². The lowest BCUT2D eigenvalue weighted by molar-refractivity contribution is -0.123. The first-order chi connectivity index (χ1) is 7.36. The fraction of sp³-hybridized carbons (Fsp3) is 0.909. The molecule has 4 nitrogen and oxygen atoms in total. The Kier molecular flexibility index (Phi) is 3.97. The van der Waals surface area contributed by atoms with E-state index in [-0.39, 0.29) is 18.1 Å². The van der Waals surface area contributed by atoms with Gasteiger partial charge in [0.05, 0.1) is 12.1 Å². The SMILES string of the molecule is O=C(NC[C@H]1CCCCO1)[C@@H]1CCCN1. The fourth-order valence-corrected chi connectivity index (χ4v) is 2.21. The smallest absolute Gasteiger partial charge is 0.237 e. The zero-order valence-electron chi connectivity index (χ0n) is 9.13. The van der Waals surface area contributed by atoms with Crippen LogP contribution in [0.4, 0.5) is 0 Å². The Morgan fingerprint density at radius 2 is 2.27 bits per heavy atom. The lowest BCUT2D eigenvalue weighted by atomic mass is 10.1. The van der Waals surface area contributed by atoms with E-state index in [2.05, 4.69) is 10.6 Å². The van der Waals surface area contributed by atoms with Crippen LogP contribution in [0.15, 0.2) is 0 Å². The molecule has 0 spiro atoms. The van der Waals surface area contributed by atoms with Crippen molar-refractivity contribution in [3.05, 3.63) is 0 Å². The summed E-state index contributed by atoms with van der Waals surface area (Å²) >= 11 is 0. The molecule has 15 heavy (non-hydrogen) atoms. The van der Waals surface area contributed by atoms with E-state index in [4.69, 9.17) is 4.74 Å². The Labute approximate surface area is 90.8 Å². The minimum atomic E-state index is 0.0357. The highest BCUT2D eigenvalue weighted by Crippen LogP contribution is 2.12. The molecule has 0 unspecified atom stereocenters. The monoisotopic (exact) mass is 212 g/mol. The van der Waals surface area contributed by atoms with E-state index in [1.807, 2.05) is 0 Å². The number of hydrogen-bond donors (Lipinski definition) is 2. The highest BCUT2D eigenvalue weighted by Gasteiger charge is 2.23. The van der Waals surface area contributed by atoms with E-state index in [0.717, 1.165) is 38.8 Å². The maximum absolute atomic E-state index is 11.7. The molecule has 2 aliphatic rings. The second kappa shape index (κ2) is 5.47. The Morgan fingerprint density at radius 3 is 2.93 bits per heavy atom. The molecule has 2 saturated heterocycles. The summed E-state index contributed by atoms with van der Waals surface area (Å²) in [4.78, 5) is 11.7. The van der Waals surface area contributed by atoms with E-state index in [0.29, 0.717) is 6.54 Å². The third-order valence-corrected chi connectivity index (χ3v) is 3.15. The van der Waals surface area contributed by atoms with Gasteiger partial charge in [-0.25, -0.2) is 0 Å². The predicted octanol–water partition coefficient (Wildman–Crippen LogP) is 0.424. The van der Waals surface area contributed by atoms with Crippen molar-refractivity contribution < 1.29 is 9.53 Å².